The minimum atomic E-state index is -1.38. The largest absolute Gasteiger partial charge is 0.363 e. The number of ether oxygens (including phenoxy) is 1. The van der Waals surface area contributed by atoms with E-state index >= 15 is 0 Å². The van der Waals surface area contributed by atoms with Crippen LogP contribution in [0.4, 0.5) is 0 Å². The van der Waals surface area contributed by atoms with Crippen LogP contribution in [0.2, 0.25) is 0 Å². The van der Waals surface area contributed by atoms with Crippen molar-refractivity contribution in [2.45, 2.75) is 38.8 Å². The zero-order valence-electron chi connectivity index (χ0n) is 14.4. The van der Waals surface area contributed by atoms with E-state index < -0.39 is 5.79 Å². The van der Waals surface area contributed by atoms with Crippen LogP contribution in [0.3, 0.4) is 0 Å². The molecule has 2 aromatic carbocycles. The van der Waals surface area contributed by atoms with E-state index in [0.717, 1.165) is 0 Å². The first-order valence-electron chi connectivity index (χ1n) is 8.33. The molecule has 0 fully saturated rings. The van der Waals surface area contributed by atoms with E-state index in [2.05, 4.69) is 29.2 Å². The van der Waals surface area contributed by atoms with Gasteiger partial charge in [-0.2, -0.15) is 0 Å². The molecule has 0 aliphatic carbocycles. The fraction of sp³-hybridized carbons (Fsp3) is 0.400. The summed E-state index contributed by atoms with van der Waals surface area (Å²) >= 11 is 6.03. The van der Waals surface area contributed by atoms with E-state index in [-0.39, 0.29) is 11.9 Å². The second kappa shape index (κ2) is 9.19. The van der Waals surface area contributed by atoms with Gasteiger partial charge in [-0.15, -0.1) is 11.6 Å². The van der Waals surface area contributed by atoms with Crippen LogP contribution >= 0.6 is 11.6 Å². The van der Waals surface area contributed by atoms with Crippen molar-refractivity contribution in [2.24, 2.45) is 0 Å². The lowest BCUT2D eigenvalue weighted by molar-refractivity contribution is -0.222. The lowest BCUT2D eigenvalue weighted by atomic mass is 10.1. The van der Waals surface area contributed by atoms with E-state index in [1.54, 1.807) is 0 Å². The SMILES string of the molecule is CCOC(O)(CCl)[C@H](C)N(Cc1ccccc1)Cc1ccccc1. The van der Waals surface area contributed by atoms with Gasteiger partial charge in [0.2, 0.25) is 0 Å². The first-order chi connectivity index (χ1) is 11.6. The summed E-state index contributed by atoms with van der Waals surface area (Å²) in [7, 11) is 0. The molecule has 0 aliphatic rings. The van der Waals surface area contributed by atoms with Gasteiger partial charge in [-0.05, 0) is 25.0 Å². The number of nitrogens with zero attached hydrogens (tertiary/aromatic N) is 1. The molecule has 0 spiro atoms. The van der Waals surface area contributed by atoms with Crippen molar-refractivity contribution in [3.63, 3.8) is 0 Å². The molecule has 4 heteroatoms. The van der Waals surface area contributed by atoms with Crippen LogP contribution < -0.4 is 0 Å². The molecule has 0 amide bonds. The highest BCUT2D eigenvalue weighted by molar-refractivity contribution is 6.18. The maximum absolute atomic E-state index is 10.8. The first kappa shape index (κ1) is 18.9. The molecule has 3 nitrogen and oxygen atoms in total. The Hall–Kier alpha value is -1.39. The van der Waals surface area contributed by atoms with Gasteiger partial charge in [0.1, 0.15) is 0 Å². The molecular formula is C20H26ClNO2. The van der Waals surface area contributed by atoms with Crippen molar-refractivity contribution < 1.29 is 9.84 Å². The summed E-state index contributed by atoms with van der Waals surface area (Å²) in [6.07, 6.45) is 0. The summed E-state index contributed by atoms with van der Waals surface area (Å²) < 4.78 is 5.58. The van der Waals surface area contributed by atoms with Gasteiger partial charge in [-0.3, -0.25) is 4.90 Å². The Balaban J connectivity index is 2.23. The predicted octanol–water partition coefficient (Wildman–Crippen LogP) is 4.04. The second-order valence-electron chi connectivity index (χ2n) is 5.96. The summed E-state index contributed by atoms with van der Waals surface area (Å²) in [6, 6.07) is 20.2. The Morgan fingerprint density at radius 2 is 1.46 bits per heavy atom. The van der Waals surface area contributed by atoms with E-state index in [9.17, 15) is 5.11 Å². The fourth-order valence-corrected chi connectivity index (χ4v) is 3.07. The topological polar surface area (TPSA) is 32.7 Å². The molecule has 0 bridgehead atoms. The van der Waals surface area contributed by atoms with Crippen LogP contribution in [-0.2, 0) is 17.8 Å². The van der Waals surface area contributed by atoms with Gasteiger partial charge in [-0.1, -0.05) is 60.7 Å². The molecule has 0 saturated carbocycles. The third-order valence-corrected chi connectivity index (χ3v) is 4.63. The van der Waals surface area contributed by atoms with Crippen molar-refractivity contribution in [1.82, 2.24) is 4.90 Å². The molecular weight excluding hydrogens is 322 g/mol. The van der Waals surface area contributed by atoms with Crippen molar-refractivity contribution in [2.75, 3.05) is 12.5 Å². The van der Waals surface area contributed by atoms with Crippen LogP contribution in [0.5, 0.6) is 0 Å². The van der Waals surface area contributed by atoms with E-state index in [1.807, 2.05) is 50.2 Å². The number of hydrogen-bond acceptors (Lipinski definition) is 3. The molecule has 0 heterocycles. The molecule has 0 radical (unpaired) electrons. The minimum absolute atomic E-state index is 0.0298. The Labute approximate surface area is 149 Å². The number of alkyl halides is 1. The van der Waals surface area contributed by atoms with Crippen LogP contribution in [0.1, 0.15) is 25.0 Å². The molecule has 0 aromatic heterocycles. The van der Waals surface area contributed by atoms with Crippen LogP contribution in [0.25, 0.3) is 0 Å². The summed E-state index contributed by atoms with van der Waals surface area (Å²) in [4.78, 5) is 2.20. The number of rotatable bonds is 9. The zero-order chi connectivity index (χ0) is 17.4. The highest BCUT2D eigenvalue weighted by Crippen LogP contribution is 2.24. The summed E-state index contributed by atoms with van der Waals surface area (Å²) in [5.41, 5.74) is 2.38. The van der Waals surface area contributed by atoms with Crippen LogP contribution in [0, 0.1) is 0 Å². The predicted molar refractivity (Wildman–Crippen MR) is 98.9 cm³/mol. The number of halogens is 1. The van der Waals surface area contributed by atoms with Crippen LogP contribution in [-0.4, -0.2) is 34.3 Å². The van der Waals surface area contributed by atoms with Crippen LogP contribution in [0.15, 0.2) is 60.7 Å². The van der Waals surface area contributed by atoms with E-state index in [1.165, 1.54) is 11.1 Å². The van der Waals surface area contributed by atoms with Gasteiger partial charge >= 0.3 is 0 Å². The smallest absolute Gasteiger partial charge is 0.194 e. The normalized spacial score (nSPS) is 15.2. The Morgan fingerprint density at radius 1 is 1.00 bits per heavy atom. The molecule has 0 saturated heterocycles. The maximum Gasteiger partial charge on any atom is 0.194 e. The first-order valence-corrected chi connectivity index (χ1v) is 8.86. The zero-order valence-corrected chi connectivity index (χ0v) is 15.1. The van der Waals surface area contributed by atoms with Gasteiger partial charge in [0.25, 0.3) is 0 Å². The van der Waals surface area contributed by atoms with Gasteiger partial charge < -0.3 is 9.84 Å². The lowest BCUT2D eigenvalue weighted by Crippen LogP contribution is -2.53. The Morgan fingerprint density at radius 3 is 1.83 bits per heavy atom. The lowest BCUT2D eigenvalue weighted by Gasteiger charge is -2.39. The number of hydrogen-bond donors (Lipinski definition) is 1. The van der Waals surface area contributed by atoms with E-state index in [4.69, 9.17) is 16.3 Å². The third-order valence-electron chi connectivity index (χ3n) is 4.24. The number of benzene rings is 2. The summed E-state index contributed by atoms with van der Waals surface area (Å²) in [5.74, 6) is -1.35. The molecule has 24 heavy (non-hydrogen) atoms. The molecule has 2 rings (SSSR count). The Bertz CT molecular complexity index is 552. The van der Waals surface area contributed by atoms with Crippen molar-refractivity contribution in [1.29, 1.82) is 0 Å². The quantitative estimate of drug-likeness (QED) is 0.549. The van der Waals surface area contributed by atoms with Gasteiger partial charge in [0.05, 0.1) is 11.9 Å². The Kier molecular flexibility index (Phi) is 7.25. The van der Waals surface area contributed by atoms with Gasteiger partial charge in [0.15, 0.2) is 5.79 Å². The van der Waals surface area contributed by atoms with Crippen molar-refractivity contribution >= 4 is 11.6 Å². The highest BCUT2D eigenvalue weighted by atomic mass is 35.5. The molecule has 1 unspecified atom stereocenters. The van der Waals surface area contributed by atoms with Gasteiger partial charge in [-0.25, -0.2) is 0 Å². The van der Waals surface area contributed by atoms with Crippen molar-refractivity contribution in [3.8, 4) is 0 Å². The molecule has 1 N–H and O–H groups in total. The average Bonchev–Trinajstić information content (AvgIpc) is 2.62. The fourth-order valence-electron chi connectivity index (χ4n) is 2.77. The maximum atomic E-state index is 10.8. The minimum Gasteiger partial charge on any atom is -0.363 e. The third kappa shape index (κ3) is 5.05. The van der Waals surface area contributed by atoms with Crippen molar-refractivity contribution in [3.05, 3.63) is 71.8 Å². The second-order valence-corrected chi connectivity index (χ2v) is 6.23. The molecule has 130 valence electrons. The van der Waals surface area contributed by atoms with E-state index in [0.29, 0.717) is 19.7 Å². The summed E-state index contributed by atoms with van der Waals surface area (Å²) in [5, 5.41) is 10.8. The molecule has 0 aliphatic heterocycles. The average molecular weight is 348 g/mol. The molecule has 2 atom stereocenters. The van der Waals surface area contributed by atoms with Gasteiger partial charge in [0, 0.05) is 19.7 Å². The molecule has 2 aromatic rings. The highest BCUT2D eigenvalue weighted by Gasteiger charge is 2.37. The monoisotopic (exact) mass is 347 g/mol. The summed E-state index contributed by atoms with van der Waals surface area (Å²) in [6.45, 7) is 5.66. The standard InChI is InChI=1S/C20H26ClNO2/c1-3-24-20(23,16-21)17(2)22(14-18-10-6-4-7-11-18)15-19-12-8-5-9-13-19/h4-13,17,23H,3,14-16H2,1-2H3/t17-,20?/m0/s1. The number of aliphatic hydroxyl groups is 1.